The quantitative estimate of drug-likeness (QED) is 0.412. The lowest BCUT2D eigenvalue weighted by atomic mass is 10.0. The number of ether oxygens (including phenoxy) is 1. The standard InChI is InChI=1S/C22H25FO3/c23-16-4-2-1-3-5-17-26-21-13-11-20(12-14-21)19-9-6-18(7-10-19)8-15-22(24)25/h6-15H,1-5,16-17H2,(H,24,25). The highest BCUT2D eigenvalue weighted by Crippen LogP contribution is 2.23. The van der Waals surface area contributed by atoms with Crippen LogP contribution in [0, 0.1) is 0 Å². The molecule has 0 saturated carbocycles. The number of halogens is 1. The number of aliphatic carboxylic acids is 1. The maximum absolute atomic E-state index is 12.0. The summed E-state index contributed by atoms with van der Waals surface area (Å²) in [6.07, 6.45) is 7.43. The molecule has 4 heteroatoms. The van der Waals surface area contributed by atoms with Crippen molar-refractivity contribution in [3.63, 3.8) is 0 Å². The van der Waals surface area contributed by atoms with Gasteiger partial charge in [-0.2, -0.15) is 0 Å². The number of carbonyl (C=O) groups is 1. The molecule has 26 heavy (non-hydrogen) atoms. The molecule has 0 aromatic heterocycles. The van der Waals surface area contributed by atoms with Crippen LogP contribution in [0.4, 0.5) is 4.39 Å². The van der Waals surface area contributed by atoms with Crippen LogP contribution >= 0.6 is 0 Å². The zero-order valence-corrected chi connectivity index (χ0v) is 14.9. The molecule has 138 valence electrons. The third kappa shape index (κ3) is 7.09. The molecule has 0 radical (unpaired) electrons. The van der Waals surface area contributed by atoms with Crippen molar-refractivity contribution in [3.05, 3.63) is 60.2 Å². The highest BCUT2D eigenvalue weighted by Gasteiger charge is 2.00. The van der Waals surface area contributed by atoms with Crippen LogP contribution in [0.1, 0.15) is 37.7 Å². The Morgan fingerprint density at radius 1 is 0.885 bits per heavy atom. The van der Waals surface area contributed by atoms with Gasteiger partial charge in [0.15, 0.2) is 0 Å². The van der Waals surface area contributed by atoms with Crippen molar-refractivity contribution in [2.75, 3.05) is 13.3 Å². The fourth-order valence-electron chi connectivity index (χ4n) is 2.61. The Balaban J connectivity index is 1.80. The van der Waals surface area contributed by atoms with E-state index in [0.717, 1.165) is 54.2 Å². The SMILES string of the molecule is O=C(O)C=Cc1ccc(-c2ccc(OCCCCCCCF)cc2)cc1. The van der Waals surface area contributed by atoms with E-state index in [4.69, 9.17) is 9.84 Å². The highest BCUT2D eigenvalue weighted by molar-refractivity contribution is 5.85. The molecule has 2 rings (SSSR count). The molecule has 0 spiro atoms. The topological polar surface area (TPSA) is 46.5 Å². The first-order valence-corrected chi connectivity index (χ1v) is 8.99. The van der Waals surface area contributed by atoms with Crippen molar-refractivity contribution in [2.45, 2.75) is 32.1 Å². The largest absolute Gasteiger partial charge is 0.494 e. The number of rotatable bonds is 11. The molecule has 2 aromatic carbocycles. The molecule has 0 amide bonds. The predicted molar refractivity (Wildman–Crippen MR) is 103 cm³/mol. The zero-order valence-electron chi connectivity index (χ0n) is 14.9. The lowest BCUT2D eigenvalue weighted by Gasteiger charge is -2.08. The molecule has 0 aliphatic heterocycles. The fraction of sp³-hybridized carbons (Fsp3) is 0.318. The summed E-state index contributed by atoms with van der Waals surface area (Å²) in [5, 5.41) is 8.65. The lowest BCUT2D eigenvalue weighted by molar-refractivity contribution is -0.131. The Morgan fingerprint density at radius 2 is 1.46 bits per heavy atom. The Kier molecular flexibility index (Phi) is 8.40. The number of carboxylic acids is 1. The Labute approximate surface area is 154 Å². The number of alkyl halides is 1. The molecule has 2 aromatic rings. The van der Waals surface area contributed by atoms with E-state index in [0.29, 0.717) is 13.0 Å². The van der Waals surface area contributed by atoms with Crippen LogP contribution in [0.5, 0.6) is 5.75 Å². The minimum Gasteiger partial charge on any atom is -0.494 e. The summed E-state index contributed by atoms with van der Waals surface area (Å²) in [5.41, 5.74) is 3.00. The molecule has 0 aliphatic carbocycles. The van der Waals surface area contributed by atoms with Gasteiger partial charge in [0, 0.05) is 6.08 Å². The first-order chi connectivity index (χ1) is 12.7. The maximum atomic E-state index is 12.0. The second-order valence-electron chi connectivity index (χ2n) is 6.12. The van der Waals surface area contributed by atoms with Gasteiger partial charge in [-0.1, -0.05) is 55.7 Å². The van der Waals surface area contributed by atoms with Crippen molar-refractivity contribution in [1.82, 2.24) is 0 Å². The summed E-state index contributed by atoms with van der Waals surface area (Å²) < 4.78 is 17.7. The fourth-order valence-corrected chi connectivity index (χ4v) is 2.61. The second-order valence-corrected chi connectivity index (χ2v) is 6.12. The number of unbranched alkanes of at least 4 members (excludes halogenated alkanes) is 4. The average molecular weight is 356 g/mol. The van der Waals surface area contributed by atoms with E-state index in [1.165, 1.54) is 0 Å². The first kappa shape index (κ1) is 19.7. The van der Waals surface area contributed by atoms with Crippen LogP contribution in [0.3, 0.4) is 0 Å². The van der Waals surface area contributed by atoms with E-state index in [9.17, 15) is 9.18 Å². The molecule has 3 nitrogen and oxygen atoms in total. The normalized spacial score (nSPS) is 11.0. The van der Waals surface area contributed by atoms with Gasteiger partial charge < -0.3 is 9.84 Å². The van der Waals surface area contributed by atoms with Crippen LogP contribution in [0.2, 0.25) is 0 Å². The molecule has 0 aliphatic rings. The van der Waals surface area contributed by atoms with E-state index >= 15 is 0 Å². The van der Waals surface area contributed by atoms with Crippen LogP contribution in [-0.2, 0) is 4.79 Å². The Bertz CT molecular complexity index is 690. The minimum absolute atomic E-state index is 0.218. The van der Waals surface area contributed by atoms with Crippen molar-refractivity contribution in [3.8, 4) is 16.9 Å². The maximum Gasteiger partial charge on any atom is 0.328 e. The average Bonchev–Trinajstić information content (AvgIpc) is 2.66. The van der Waals surface area contributed by atoms with Gasteiger partial charge >= 0.3 is 5.97 Å². The summed E-state index contributed by atoms with van der Waals surface area (Å²) in [5.74, 6) is -0.108. The highest BCUT2D eigenvalue weighted by atomic mass is 19.1. The summed E-state index contributed by atoms with van der Waals surface area (Å²) in [4.78, 5) is 10.5. The Morgan fingerprint density at radius 3 is 2.08 bits per heavy atom. The van der Waals surface area contributed by atoms with E-state index < -0.39 is 5.97 Å². The monoisotopic (exact) mass is 356 g/mol. The molecule has 0 fully saturated rings. The number of hydrogen-bond donors (Lipinski definition) is 1. The third-order valence-electron chi connectivity index (χ3n) is 4.06. The van der Waals surface area contributed by atoms with E-state index in [-0.39, 0.29) is 6.67 Å². The minimum atomic E-state index is -0.954. The first-order valence-electron chi connectivity index (χ1n) is 8.99. The molecular formula is C22H25FO3. The molecule has 0 unspecified atom stereocenters. The van der Waals surface area contributed by atoms with Crippen molar-refractivity contribution in [2.24, 2.45) is 0 Å². The summed E-state index contributed by atoms with van der Waals surface area (Å²) in [6.45, 7) is 0.462. The second kappa shape index (κ2) is 11.1. The third-order valence-corrected chi connectivity index (χ3v) is 4.06. The van der Waals surface area contributed by atoms with Gasteiger partial charge in [0.2, 0.25) is 0 Å². The molecule has 1 N–H and O–H groups in total. The zero-order chi connectivity index (χ0) is 18.6. The van der Waals surface area contributed by atoms with Crippen LogP contribution in [0.25, 0.3) is 17.2 Å². The van der Waals surface area contributed by atoms with Crippen molar-refractivity contribution >= 4 is 12.0 Å². The van der Waals surface area contributed by atoms with E-state index in [1.807, 2.05) is 48.5 Å². The van der Waals surface area contributed by atoms with Gasteiger partial charge in [-0.15, -0.1) is 0 Å². The lowest BCUT2D eigenvalue weighted by Crippen LogP contribution is -1.97. The van der Waals surface area contributed by atoms with E-state index in [2.05, 4.69) is 0 Å². The molecule has 0 heterocycles. The molecule has 0 bridgehead atoms. The van der Waals surface area contributed by atoms with Crippen LogP contribution in [0.15, 0.2) is 54.6 Å². The molecule has 0 atom stereocenters. The van der Waals surface area contributed by atoms with Crippen molar-refractivity contribution < 1.29 is 19.0 Å². The smallest absolute Gasteiger partial charge is 0.328 e. The van der Waals surface area contributed by atoms with Crippen LogP contribution < -0.4 is 4.74 Å². The van der Waals surface area contributed by atoms with Crippen molar-refractivity contribution in [1.29, 1.82) is 0 Å². The molecule has 0 saturated heterocycles. The van der Waals surface area contributed by atoms with Crippen LogP contribution in [-0.4, -0.2) is 24.4 Å². The molecular weight excluding hydrogens is 331 g/mol. The summed E-state index contributed by atoms with van der Waals surface area (Å²) >= 11 is 0. The Hall–Kier alpha value is -2.62. The summed E-state index contributed by atoms with van der Waals surface area (Å²) in [7, 11) is 0. The number of hydrogen-bond acceptors (Lipinski definition) is 2. The van der Waals surface area contributed by atoms with Gasteiger partial charge in [0.05, 0.1) is 13.3 Å². The van der Waals surface area contributed by atoms with Gasteiger partial charge in [0.1, 0.15) is 5.75 Å². The summed E-state index contributed by atoms with van der Waals surface area (Å²) in [6, 6.07) is 15.7. The van der Waals surface area contributed by atoms with E-state index in [1.54, 1.807) is 6.08 Å². The van der Waals surface area contributed by atoms with Gasteiger partial charge in [-0.25, -0.2) is 4.79 Å². The predicted octanol–water partition coefficient (Wildman–Crippen LogP) is 5.75. The number of carboxylic acid groups (broad SMARTS) is 1. The number of benzene rings is 2. The van der Waals surface area contributed by atoms with Gasteiger partial charge in [0.25, 0.3) is 0 Å². The van der Waals surface area contributed by atoms with Gasteiger partial charge in [-0.3, -0.25) is 4.39 Å². The van der Waals surface area contributed by atoms with Gasteiger partial charge in [-0.05, 0) is 47.7 Å².